The molecular weight excluding hydrogens is 232 g/mol. The second kappa shape index (κ2) is 6.48. The molecule has 100 valence electrons. The van der Waals surface area contributed by atoms with Gasteiger partial charge in [0.1, 0.15) is 0 Å². The Morgan fingerprint density at radius 2 is 1.84 bits per heavy atom. The van der Waals surface area contributed by atoms with Gasteiger partial charge in [-0.25, -0.2) is 0 Å². The summed E-state index contributed by atoms with van der Waals surface area (Å²) < 4.78 is 0. The van der Waals surface area contributed by atoms with Crippen LogP contribution in [0.5, 0.6) is 0 Å². The van der Waals surface area contributed by atoms with Crippen molar-refractivity contribution in [2.45, 2.75) is 39.2 Å². The molecule has 2 aromatic rings. The van der Waals surface area contributed by atoms with E-state index in [1.165, 1.54) is 22.3 Å². The second-order valence-electron chi connectivity index (χ2n) is 5.23. The molecule has 0 bridgehead atoms. The molecule has 0 aliphatic heterocycles. The summed E-state index contributed by atoms with van der Waals surface area (Å²) in [6, 6.07) is 10.7. The third-order valence-corrected chi connectivity index (χ3v) is 3.64. The van der Waals surface area contributed by atoms with E-state index in [-0.39, 0.29) is 6.04 Å². The fourth-order valence-corrected chi connectivity index (χ4v) is 2.43. The second-order valence-corrected chi connectivity index (χ2v) is 5.23. The SMILES string of the molecule is Cc1cccc(C)c1CC(N)CCc1cccnc1. The number of pyridine rings is 1. The lowest BCUT2D eigenvalue weighted by Crippen LogP contribution is -2.24. The Morgan fingerprint density at radius 3 is 2.47 bits per heavy atom. The molecule has 0 amide bonds. The first-order chi connectivity index (χ1) is 9.16. The third kappa shape index (κ3) is 3.90. The Morgan fingerprint density at radius 1 is 1.11 bits per heavy atom. The molecule has 0 radical (unpaired) electrons. The van der Waals surface area contributed by atoms with Crippen LogP contribution >= 0.6 is 0 Å². The van der Waals surface area contributed by atoms with Crippen molar-refractivity contribution in [3.8, 4) is 0 Å². The van der Waals surface area contributed by atoms with E-state index in [0.29, 0.717) is 0 Å². The fourth-order valence-electron chi connectivity index (χ4n) is 2.43. The van der Waals surface area contributed by atoms with Crippen LogP contribution < -0.4 is 5.73 Å². The minimum Gasteiger partial charge on any atom is -0.327 e. The zero-order valence-corrected chi connectivity index (χ0v) is 11.8. The smallest absolute Gasteiger partial charge is 0.0299 e. The number of nitrogens with two attached hydrogens (primary N) is 1. The molecule has 0 spiro atoms. The molecule has 2 heteroatoms. The van der Waals surface area contributed by atoms with Gasteiger partial charge in [-0.3, -0.25) is 4.98 Å². The van der Waals surface area contributed by atoms with Crippen LogP contribution in [0.15, 0.2) is 42.7 Å². The molecule has 0 aliphatic carbocycles. The molecule has 1 aromatic heterocycles. The van der Waals surface area contributed by atoms with Crippen LogP contribution in [0, 0.1) is 13.8 Å². The fraction of sp³-hybridized carbons (Fsp3) is 0.353. The summed E-state index contributed by atoms with van der Waals surface area (Å²) in [5, 5.41) is 0. The first-order valence-electron chi connectivity index (χ1n) is 6.86. The largest absolute Gasteiger partial charge is 0.327 e. The molecule has 2 N–H and O–H groups in total. The van der Waals surface area contributed by atoms with E-state index < -0.39 is 0 Å². The lowest BCUT2D eigenvalue weighted by molar-refractivity contribution is 0.607. The third-order valence-electron chi connectivity index (χ3n) is 3.64. The average molecular weight is 254 g/mol. The summed E-state index contributed by atoms with van der Waals surface area (Å²) in [5.74, 6) is 0. The summed E-state index contributed by atoms with van der Waals surface area (Å²) in [6.07, 6.45) is 6.68. The Labute approximate surface area is 115 Å². The van der Waals surface area contributed by atoms with Gasteiger partial charge in [-0.05, 0) is 61.4 Å². The highest BCUT2D eigenvalue weighted by molar-refractivity contribution is 5.34. The van der Waals surface area contributed by atoms with Crippen molar-refractivity contribution in [1.29, 1.82) is 0 Å². The van der Waals surface area contributed by atoms with Gasteiger partial charge in [0.15, 0.2) is 0 Å². The van der Waals surface area contributed by atoms with Gasteiger partial charge in [0.2, 0.25) is 0 Å². The topological polar surface area (TPSA) is 38.9 Å². The monoisotopic (exact) mass is 254 g/mol. The zero-order valence-electron chi connectivity index (χ0n) is 11.8. The molecule has 0 saturated carbocycles. The van der Waals surface area contributed by atoms with Gasteiger partial charge >= 0.3 is 0 Å². The number of hydrogen-bond acceptors (Lipinski definition) is 2. The van der Waals surface area contributed by atoms with E-state index in [1.807, 2.05) is 12.3 Å². The standard InChI is InChI=1S/C17H22N2/c1-13-5-3-6-14(2)17(13)11-16(18)9-8-15-7-4-10-19-12-15/h3-7,10,12,16H,8-9,11,18H2,1-2H3. The molecule has 1 atom stereocenters. The Kier molecular flexibility index (Phi) is 4.69. The van der Waals surface area contributed by atoms with Gasteiger partial charge in [-0.1, -0.05) is 24.3 Å². The molecule has 1 aromatic carbocycles. The van der Waals surface area contributed by atoms with Gasteiger partial charge in [0.25, 0.3) is 0 Å². The molecule has 0 saturated heterocycles. The molecule has 2 nitrogen and oxygen atoms in total. The normalized spacial score (nSPS) is 12.4. The van der Waals surface area contributed by atoms with Crippen molar-refractivity contribution >= 4 is 0 Å². The molecule has 1 unspecified atom stereocenters. The van der Waals surface area contributed by atoms with Gasteiger partial charge in [-0.15, -0.1) is 0 Å². The maximum Gasteiger partial charge on any atom is 0.0299 e. The quantitative estimate of drug-likeness (QED) is 0.890. The van der Waals surface area contributed by atoms with Crippen molar-refractivity contribution in [1.82, 2.24) is 4.98 Å². The van der Waals surface area contributed by atoms with Crippen LogP contribution in [0.2, 0.25) is 0 Å². The van der Waals surface area contributed by atoms with E-state index in [1.54, 1.807) is 6.20 Å². The van der Waals surface area contributed by atoms with Crippen molar-refractivity contribution in [2.75, 3.05) is 0 Å². The molecular formula is C17H22N2. The minimum absolute atomic E-state index is 0.208. The van der Waals surface area contributed by atoms with Crippen molar-refractivity contribution in [3.05, 3.63) is 65.0 Å². The van der Waals surface area contributed by atoms with Crippen molar-refractivity contribution in [2.24, 2.45) is 5.73 Å². The van der Waals surface area contributed by atoms with E-state index >= 15 is 0 Å². The lowest BCUT2D eigenvalue weighted by Gasteiger charge is -2.15. The Balaban J connectivity index is 1.93. The number of nitrogens with zero attached hydrogens (tertiary/aromatic N) is 1. The summed E-state index contributed by atoms with van der Waals surface area (Å²) in [6.45, 7) is 4.33. The number of aryl methyl sites for hydroxylation is 3. The number of hydrogen-bond donors (Lipinski definition) is 1. The van der Waals surface area contributed by atoms with Gasteiger partial charge in [-0.2, -0.15) is 0 Å². The van der Waals surface area contributed by atoms with Crippen molar-refractivity contribution in [3.63, 3.8) is 0 Å². The van der Waals surface area contributed by atoms with E-state index in [2.05, 4.69) is 43.1 Å². The van der Waals surface area contributed by atoms with Gasteiger partial charge < -0.3 is 5.73 Å². The molecule has 0 fully saturated rings. The highest BCUT2D eigenvalue weighted by Crippen LogP contribution is 2.16. The zero-order chi connectivity index (χ0) is 13.7. The van der Waals surface area contributed by atoms with Crippen LogP contribution in [0.25, 0.3) is 0 Å². The average Bonchev–Trinajstić information content (AvgIpc) is 2.42. The summed E-state index contributed by atoms with van der Waals surface area (Å²) in [4.78, 5) is 4.13. The first-order valence-corrected chi connectivity index (χ1v) is 6.86. The maximum absolute atomic E-state index is 6.27. The molecule has 1 heterocycles. The van der Waals surface area contributed by atoms with E-state index in [9.17, 15) is 0 Å². The van der Waals surface area contributed by atoms with Crippen LogP contribution in [0.1, 0.15) is 28.7 Å². The van der Waals surface area contributed by atoms with Crippen LogP contribution in [0.4, 0.5) is 0 Å². The van der Waals surface area contributed by atoms with Crippen LogP contribution in [0.3, 0.4) is 0 Å². The molecule has 19 heavy (non-hydrogen) atoms. The summed E-state index contributed by atoms with van der Waals surface area (Å²) in [5.41, 5.74) is 11.6. The van der Waals surface area contributed by atoms with Gasteiger partial charge in [0, 0.05) is 18.4 Å². The first kappa shape index (κ1) is 13.8. The Hall–Kier alpha value is -1.67. The van der Waals surface area contributed by atoms with Gasteiger partial charge in [0.05, 0.1) is 0 Å². The minimum atomic E-state index is 0.208. The molecule has 0 aliphatic rings. The van der Waals surface area contributed by atoms with E-state index in [0.717, 1.165) is 19.3 Å². The van der Waals surface area contributed by atoms with E-state index in [4.69, 9.17) is 5.73 Å². The lowest BCUT2D eigenvalue weighted by atomic mass is 9.94. The predicted octanol–water partition coefficient (Wildman–Crippen LogP) is 3.20. The highest BCUT2D eigenvalue weighted by Gasteiger charge is 2.08. The predicted molar refractivity (Wildman–Crippen MR) is 80.2 cm³/mol. The van der Waals surface area contributed by atoms with Crippen LogP contribution in [-0.2, 0) is 12.8 Å². The van der Waals surface area contributed by atoms with Crippen LogP contribution in [-0.4, -0.2) is 11.0 Å². The number of aromatic nitrogens is 1. The number of rotatable bonds is 5. The Bertz CT molecular complexity index is 500. The van der Waals surface area contributed by atoms with Crippen molar-refractivity contribution < 1.29 is 0 Å². The molecule has 2 rings (SSSR count). The highest BCUT2D eigenvalue weighted by atomic mass is 14.6. The summed E-state index contributed by atoms with van der Waals surface area (Å²) >= 11 is 0. The maximum atomic E-state index is 6.27. The summed E-state index contributed by atoms with van der Waals surface area (Å²) in [7, 11) is 0. The number of benzene rings is 1.